The molecule has 1 heterocycles. The summed E-state index contributed by atoms with van der Waals surface area (Å²) >= 11 is 0. The van der Waals surface area contributed by atoms with Crippen LogP contribution in [0.3, 0.4) is 0 Å². The molecule has 5 nitrogen and oxygen atoms in total. The van der Waals surface area contributed by atoms with E-state index in [2.05, 4.69) is 15.3 Å². The first-order valence-corrected chi connectivity index (χ1v) is 4.84. The Morgan fingerprint density at radius 3 is 2.93 bits per heavy atom. The summed E-state index contributed by atoms with van der Waals surface area (Å²) in [5.74, 6) is 0.185. The number of methoxy groups -OCH3 is 1. The van der Waals surface area contributed by atoms with Crippen LogP contribution in [-0.4, -0.2) is 29.0 Å². The van der Waals surface area contributed by atoms with Gasteiger partial charge in [0, 0.05) is 12.1 Å². The van der Waals surface area contributed by atoms with Crippen molar-refractivity contribution < 1.29 is 9.53 Å². The minimum Gasteiger partial charge on any atom is -0.481 e. The van der Waals surface area contributed by atoms with Crippen LogP contribution in [0.2, 0.25) is 0 Å². The minimum absolute atomic E-state index is 0.137. The Bertz CT molecular complexity index is 341. The summed E-state index contributed by atoms with van der Waals surface area (Å²) in [7, 11) is 1.50. The van der Waals surface area contributed by atoms with Crippen LogP contribution in [0, 0.1) is 0 Å². The van der Waals surface area contributed by atoms with Gasteiger partial charge in [-0.25, -0.2) is 9.97 Å². The molecule has 1 aromatic rings. The van der Waals surface area contributed by atoms with Crippen molar-refractivity contribution in [3.63, 3.8) is 0 Å². The van der Waals surface area contributed by atoms with Gasteiger partial charge < -0.3 is 10.1 Å². The van der Waals surface area contributed by atoms with Crippen molar-refractivity contribution in [1.29, 1.82) is 0 Å². The van der Waals surface area contributed by atoms with E-state index in [0.717, 1.165) is 6.42 Å². The van der Waals surface area contributed by atoms with E-state index in [1.807, 2.05) is 13.8 Å². The van der Waals surface area contributed by atoms with Crippen molar-refractivity contribution >= 4 is 5.91 Å². The van der Waals surface area contributed by atoms with Crippen LogP contribution in [0.5, 0.6) is 5.88 Å². The fourth-order valence-electron chi connectivity index (χ4n) is 0.975. The maximum absolute atomic E-state index is 11.6. The lowest BCUT2D eigenvalue weighted by Crippen LogP contribution is -2.32. The highest BCUT2D eigenvalue weighted by Gasteiger charge is 2.10. The van der Waals surface area contributed by atoms with E-state index < -0.39 is 0 Å². The number of hydrogen-bond donors (Lipinski definition) is 1. The topological polar surface area (TPSA) is 64.1 Å². The molecule has 0 aliphatic heterocycles. The molecule has 1 unspecified atom stereocenters. The van der Waals surface area contributed by atoms with E-state index >= 15 is 0 Å². The van der Waals surface area contributed by atoms with Gasteiger partial charge in [-0.1, -0.05) is 6.92 Å². The summed E-state index contributed by atoms with van der Waals surface area (Å²) in [6, 6.07) is 1.65. The normalized spacial score (nSPS) is 11.9. The molecule has 1 rings (SSSR count). The predicted molar refractivity (Wildman–Crippen MR) is 55.8 cm³/mol. The van der Waals surface area contributed by atoms with Gasteiger partial charge >= 0.3 is 0 Å². The van der Waals surface area contributed by atoms with Crippen LogP contribution < -0.4 is 10.1 Å². The number of nitrogens with one attached hydrogen (secondary N) is 1. The fourth-order valence-corrected chi connectivity index (χ4v) is 0.975. The molecule has 1 N–H and O–H groups in total. The van der Waals surface area contributed by atoms with Crippen molar-refractivity contribution in [2.75, 3.05) is 7.11 Å². The molecular weight excluding hydrogens is 194 g/mol. The van der Waals surface area contributed by atoms with Crippen LogP contribution in [0.1, 0.15) is 30.8 Å². The van der Waals surface area contributed by atoms with Crippen molar-refractivity contribution in [1.82, 2.24) is 15.3 Å². The third-order valence-corrected chi connectivity index (χ3v) is 2.07. The first kappa shape index (κ1) is 11.4. The lowest BCUT2D eigenvalue weighted by molar-refractivity contribution is 0.0933. The van der Waals surface area contributed by atoms with Crippen molar-refractivity contribution in [2.45, 2.75) is 26.3 Å². The lowest BCUT2D eigenvalue weighted by atomic mass is 10.2. The van der Waals surface area contributed by atoms with Gasteiger partial charge in [0.05, 0.1) is 7.11 Å². The number of nitrogens with zero attached hydrogens (tertiary/aromatic N) is 2. The minimum atomic E-state index is -0.204. The molecule has 0 saturated heterocycles. The summed E-state index contributed by atoms with van der Waals surface area (Å²) < 4.78 is 4.91. The van der Waals surface area contributed by atoms with Gasteiger partial charge in [0.25, 0.3) is 5.91 Å². The van der Waals surface area contributed by atoms with E-state index in [9.17, 15) is 4.79 Å². The second kappa shape index (κ2) is 5.29. The SMILES string of the molecule is CCC(C)NC(=O)c1cc(OC)ncn1. The second-order valence-corrected chi connectivity index (χ2v) is 3.23. The molecule has 15 heavy (non-hydrogen) atoms. The maximum Gasteiger partial charge on any atom is 0.270 e. The summed E-state index contributed by atoms with van der Waals surface area (Å²) in [5.41, 5.74) is 0.321. The van der Waals surface area contributed by atoms with Gasteiger partial charge in [-0.2, -0.15) is 0 Å². The fraction of sp³-hybridized carbons (Fsp3) is 0.500. The van der Waals surface area contributed by atoms with Crippen LogP contribution in [0.15, 0.2) is 12.4 Å². The Kier molecular flexibility index (Phi) is 4.03. The third kappa shape index (κ3) is 3.19. The zero-order valence-corrected chi connectivity index (χ0v) is 9.15. The third-order valence-electron chi connectivity index (χ3n) is 2.07. The predicted octanol–water partition coefficient (Wildman–Crippen LogP) is 1.01. The van der Waals surface area contributed by atoms with E-state index in [-0.39, 0.29) is 11.9 Å². The largest absolute Gasteiger partial charge is 0.481 e. The highest BCUT2D eigenvalue weighted by atomic mass is 16.5. The van der Waals surface area contributed by atoms with Gasteiger partial charge in [0.15, 0.2) is 0 Å². The molecule has 0 bridgehead atoms. The Labute approximate surface area is 88.9 Å². The van der Waals surface area contributed by atoms with Gasteiger partial charge in [0.1, 0.15) is 12.0 Å². The van der Waals surface area contributed by atoms with Crippen LogP contribution >= 0.6 is 0 Å². The lowest BCUT2D eigenvalue weighted by Gasteiger charge is -2.10. The first-order chi connectivity index (χ1) is 7.17. The molecule has 0 spiro atoms. The van der Waals surface area contributed by atoms with Crippen molar-refractivity contribution in [3.05, 3.63) is 18.1 Å². The summed E-state index contributed by atoms with van der Waals surface area (Å²) in [5, 5.41) is 2.81. The number of carbonyl (C=O) groups is 1. The Balaban J connectivity index is 2.73. The van der Waals surface area contributed by atoms with E-state index in [4.69, 9.17) is 4.74 Å². The van der Waals surface area contributed by atoms with Crippen LogP contribution in [0.4, 0.5) is 0 Å². The molecule has 0 aliphatic rings. The number of amides is 1. The Morgan fingerprint density at radius 2 is 2.33 bits per heavy atom. The quantitative estimate of drug-likeness (QED) is 0.803. The summed E-state index contributed by atoms with van der Waals surface area (Å²) in [6.45, 7) is 3.95. The maximum atomic E-state index is 11.6. The molecule has 0 saturated carbocycles. The second-order valence-electron chi connectivity index (χ2n) is 3.23. The molecule has 5 heteroatoms. The van der Waals surface area contributed by atoms with Gasteiger partial charge in [0.2, 0.25) is 5.88 Å². The zero-order valence-electron chi connectivity index (χ0n) is 9.15. The molecular formula is C10H15N3O2. The number of ether oxygens (including phenoxy) is 1. The molecule has 0 radical (unpaired) electrons. The van der Waals surface area contributed by atoms with E-state index in [1.165, 1.54) is 19.5 Å². The van der Waals surface area contributed by atoms with Gasteiger partial charge in [-0.15, -0.1) is 0 Å². The van der Waals surface area contributed by atoms with Crippen molar-refractivity contribution in [2.24, 2.45) is 0 Å². The molecule has 1 aromatic heterocycles. The summed E-state index contributed by atoms with van der Waals surface area (Å²) in [4.78, 5) is 19.3. The molecule has 82 valence electrons. The molecule has 1 atom stereocenters. The highest BCUT2D eigenvalue weighted by Crippen LogP contribution is 2.05. The standard InChI is InChI=1S/C10H15N3O2/c1-4-7(2)13-10(14)8-5-9(15-3)12-6-11-8/h5-7H,4H2,1-3H3,(H,13,14). The Morgan fingerprint density at radius 1 is 1.60 bits per heavy atom. The highest BCUT2D eigenvalue weighted by molar-refractivity contribution is 5.92. The first-order valence-electron chi connectivity index (χ1n) is 4.84. The Hall–Kier alpha value is -1.65. The smallest absolute Gasteiger partial charge is 0.270 e. The average Bonchev–Trinajstić information content (AvgIpc) is 2.28. The monoisotopic (exact) mass is 209 g/mol. The zero-order chi connectivity index (χ0) is 11.3. The molecule has 1 amide bonds. The number of carbonyl (C=O) groups excluding carboxylic acids is 1. The van der Waals surface area contributed by atoms with E-state index in [0.29, 0.717) is 11.6 Å². The van der Waals surface area contributed by atoms with Crippen LogP contribution in [-0.2, 0) is 0 Å². The number of rotatable bonds is 4. The number of aromatic nitrogens is 2. The van der Waals surface area contributed by atoms with Gasteiger partial charge in [-0.05, 0) is 13.3 Å². The average molecular weight is 209 g/mol. The van der Waals surface area contributed by atoms with Crippen molar-refractivity contribution in [3.8, 4) is 5.88 Å². The molecule has 0 aliphatic carbocycles. The molecule has 0 aromatic carbocycles. The number of hydrogen-bond acceptors (Lipinski definition) is 4. The van der Waals surface area contributed by atoms with Gasteiger partial charge in [-0.3, -0.25) is 4.79 Å². The van der Waals surface area contributed by atoms with Crippen LogP contribution in [0.25, 0.3) is 0 Å². The molecule has 0 fully saturated rings. The van der Waals surface area contributed by atoms with E-state index in [1.54, 1.807) is 0 Å². The summed E-state index contributed by atoms with van der Waals surface area (Å²) in [6.07, 6.45) is 2.19.